The number of pyridine rings is 1. The van der Waals surface area contributed by atoms with Crippen molar-refractivity contribution in [3.8, 4) is 5.75 Å². The Hall–Kier alpha value is -3.19. The molecule has 0 atom stereocenters. The van der Waals surface area contributed by atoms with E-state index >= 15 is 0 Å². The predicted molar refractivity (Wildman–Crippen MR) is 89.8 cm³/mol. The Morgan fingerprint density at radius 3 is 2.16 bits per heavy atom. The summed E-state index contributed by atoms with van der Waals surface area (Å²) >= 11 is 0. The van der Waals surface area contributed by atoms with Crippen LogP contribution < -0.4 is 10.6 Å². The van der Waals surface area contributed by atoms with Gasteiger partial charge in [-0.05, 0) is 31.2 Å². The molecular formula is C18H17N3O4. The van der Waals surface area contributed by atoms with Gasteiger partial charge in [0, 0.05) is 17.3 Å². The molecule has 1 aliphatic heterocycles. The molecule has 25 heavy (non-hydrogen) atoms. The number of aromatic nitrogens is 1. The van der Waals surface area contributed by atoms with Crippen molar-refractivity contribution in [2.75, 3.05) is 0 Å². The highest BCUT2D eigenvalue weighted by Gasteiger charge is 2.32. The molecule has 3 aromatic rings. The number of rotatable bonds is 4. The summed E-state index contributed by atoms with van der Waals surface area (Å²) in [5.41, 5.74) is 2.99. The van der Waals surface area contributed by atoms with Crippen LogP contribution in [0.3, 0.4) is 0 Å². The van der Waals surface area contributed by atoms with Gasteiger partial charge in [-0.3, -0.25) is 4.98 Å². The summed E-state index contributed by atoms with van der Waals surface area (Å²) in [4.78, 5) is 4.10. The number of hydrogen-bond acceptors (Lipinski definition) is 7. The van der Waals surface area contributed by atoms with Crippen molar-refractivity contribution >= 4 is 11.4 Å². The standard InChI is InChI=1S/C18H17N3O4/c1-10-17(23)14(11(9-22)8-19-10)18-20-15(12-4-2-6-24-12)16(21-18)13-5-3-7-25-13/h2-8,18,20-23H,9H2,1H3. The first kappa shape index (κ1) is 15.3. The van der Waals surface area contributed by atoms with Gasteiger partial charge >= 0.3 is 0 Å². The Bertz CT molecular complexity index is 868. The first-order valence-corrected chi connectivity index (χ1v) is 7.82. The molecule has 0 amide bonds. The second kappa shape index (κ2) is 6.03. The maximum atomic E-state index is 10.5. The molecule has 4 heterocycles. The van der Waals surface area contributed by atoms with Crippen LogP contribution in [0.15, 0.2) is 51.8 Å². The van der Waals surface area contributed by atoms with Crippen LogP contribution in [-0.4, -0.2) is 15.2 Å². The molecule has 0 aliphatic carbocycles. The van der Waals surface area contributed by atoms with E-state index in [0.717, 1.165) is 0 Å². The predicted octanol–water partition coefficient (Wildman–Crippen LogP) is 2.49. The molecule has 4 N–H and O–H groups in total. The van der Waals surface area contributed by atoms with E-state index in [-0.39, 0.29) is 12.4 Å². The van der Waals surface area contributed by atoms with Gasteiger partial charge in [0.2, 0.25) is 0 Å². The Balaban J connectivity index is 1.79. The molecule has 0 bridgehead atoms. The van der Waals surface area contributed by atoms with Gasteiger partial charge in [-0.25, -0.2) is 0 Å². The highest BCUT2D eigenvalue weighted by Crippen LogP contribution is 2.37. The number of aliphatic hydroxyl groups excluding tert-OH is 1. The molecule has 7 heteroatoms. The van der Waals surface area contributed by atoms with Gasteiger partial charge in [0.15, 0.2) is 11.5 Å². The highest BCUT2D eigenvalue weighted by atomic mass is 16.3. The molecule has 0 radical (unpaired) electrons. The molecule has 4 rings (SSSR count). The van der Waals surface area contributed by atoms with E-state index in [1.165, 1.54) is 0 Å². The first-order valence-electron chi connectivity index (χ1n) is 7.82. The van der Waals surface area contributed by atoms with Crippen LogP contribution >= 0.6 is 0 Å². The third-order valence-electron chi connectivity index (χ3n) is 4.18. The Morgan fingerprint density at radius 1 is 1.08 bits per heavy atom. The molecule has 0 fully saturated rings. The lowest BCUT2D eigenvalue weighted by molar-refractivity contribution is 0.277. The number of aryl methyl sites for hydroxylation is 1. The summed E-state index contributed by atoms with van der Waals surface area (Å²) in [5, 5.41) is 26.7. The fourth-order valence-electron chi connectivity index (χ4n) is 2.94. The number of nitrogens with zero attached hydrogens (tertiary/aromatic N) is 1. The van der Waals surface area contributed by atoms with Crippen molar-refractivity contribution < 1.29 is 19.0 Å². The normalized spacial score (nSPS) is 14.6. The smallest absolute Gasteiger partial charge is 0.152 e. The van der Waals surface area contributed by atoms with Crippen LogP contribution in [0.1, 0.15) is 34.5 Å². The van der Waals surface area contributed by atoms with Crippen LogP contribution in [0, 0.1) is 6.92 Å². The van der Waals surface area contributed by atoms with E-state index in [4.69, 9.17) is 8.83 Å². The number of aromatic hydroxyl groups is 1. The minimum absolute atomic E-state index is 0.0380. The van der Waals surface area contributed by atoms with Crippen molar-refractivity contribution in [3.63, 3.8) is 0 Å². The largest absolute Gasteiger partial charge is 0.506 e. The topological polar surface area (TPSA) is 104 Å². The van der Waals surface area contributed by atoms with Gasteiger partial charge < -0.3 is 29.7 Å². The van der Waals surface area contributed by atoms with Crippen LogP contribution in [0.25, 0.3) is 11.4 Å². The van der Waals surface area contributed by atoms with Crippen LogP contribution in [0.5, 0.6) is 5.75 Å². The maximum Gasteiger partial charge on any atom is 0.152 e. The van der Waals surface area contributed by atoms with E-state index in [2.05, 4.69) is 15.6 Å². The zero-order chi connectivity index (χ0) is 17.4. The summed E-state index contributed by atoms with van der Waals surface area (Å²) in [6.07, 6.45) is 4.27. The van der Waals surface area contributed by atoms with Crippen molar-refractivity contribution in [2.45, 2.75) is 19.7 Å². The summed E-state index contributed by atoms with van der Waals surface area (Å²) in [6, 6.07) is 7.26. The zero-order valence-corrected chi connectivity index (χ0v) is 13.5. The molecular weight excluding hydrogens is 322 g/mol. The molecule has 0 saturated carbocycles. The average Bonchev–Trinajstić information content (AvgIpc) is 3.37. The van der Waals surface area contributed by atoms with Gasteiger partial charge in [0.05, 0.1) is 24.8 Å². The number of nitrogens with one attached hydrogen (secondary N) is 2. The molecule has 128 valence electrons. The second-order valence-corrected chi connectivity index (χ2v) is 5.72. The number of aliphatic hydroxyl groups is 1. The lowest BCUT2D eigenvalue weighted by atomic mass is 10.1. The minimum atomic E-state index is -0.468. The third-order valence-corrected chi connectivity index (χ3v) is 4.18. The SMILES string of the molecule is Cc1ncc(CO)c(C2NC(c3ccco3)=C(c3ccco3)N2)c1O. The van der Waals surface area contributed by atoms with E-state index in [1.54, 1.807) is 37.8 Å². The van der Waals surface area contributed by atoms with E-state index in [9.17, 15) is 10.2 Å². The van der Waals surface area contributed by atoms with Crippen LogP contribution in [-0.2, 0) is 6.61 Å². The lowest BCUT2D eigenvalue weighted by Crippen LogP contribution is -2.25. The van der Waals surface area contributed by atoms with Crippen LogP contribution in [0.4, 0.5) is 0 Å². The summed E-state index contributed by atoms with van der Waals surface area (Å²) in [5.74, 6) is 1.31. The highest BCUT2D eigenvalue weighted by molar-refractivity contribution is 5.88. The van der Waals surface area contributed by atoms with Gasteiger partial charge in [0.25, 0.3) is 0 Å². The van der Waals surface area contributed by atoms with Crippen LogP contribution in [0.2, 0.25) is 0 Å². The van der Waals surface area contributed by atoms with Gasteiger partial charge in [-0.15, -0.1) is 0 Å². The maximum absolute atomic E-state index is 10.5. The summed E-state index contributed by atoms with van der Waals surface area (Å²) in [6.45, 7) is 1.48. The van der Waals surface area contributed by atoms with Crippen molar-refractivity contribution in [1.29, 1.82) is 0 Å². The molecule has 0 unspecified atom stereocenters. The van der Waals surface area contributed by atoms with E-state index < -0.39 is 6.17 Å². The third kappa shape index (κ3) is 2.54. The molecule has 0 aromatic carbocycles. The Labute approximate surface area is 143 Å². The minimum Gasteiger partial charge on any atom is -0.506 e. The fraction of sp³-hybridized carbons (Fsp3) is 0.167. The number of furan rings is 2. The number of hydrogen-bond donors (Lipinski definition) is 4. The average molecular weight is 339 g/mol. The fourth-order valence-corrected chi connectivity index (χ4v) is 2.94. The Morgan fingerprint density at radius 2 is 1.68 bits per heavy atom. The Kier molecular flexibility index (Phi) is 3.70. The molecule has 7 nitrogen and oxygen atoms in total. The van der Waals surface area contributed by atoms with E-state index in [1.807, 2.05) is 12.1 Å². The van der Waals surface area contributed by atoms with Gasteiger partial charge in [-0.2, -0.15) is 0 Å². The monoisotopic (exact) mass is 339 g/mol. The molecule has 3 aromatic heterocycles. The quantitative estimate of drug-likeness (QED) is 0.579. The molecule has 0 saturated heterocycles. The first-order chi connectivity index (χ1) is 12.2. The van der Waals surface area contributed by atoms with Crippen molar-refractivity contribution in [1.82, 2.24) is 15.6 Å². The van der Waals surface area contributed by atoms with Crippen molar-refractivity contribution in [3.05, 3.63) is 71.3 Å². The van der Waals surface area contributed by atoms with E-state index in [0.29, 0.717) is 39.7 Å². The summed E-state index contributed by atoms with van der Waals surface area (Å²) in [7, 11) is 0. The zero-order valence-electron chi connectivity index (χ0n) is 13.5. The van der Waals surface area contributed by atoms with Crippen molar-refractivity contribution in [2.24, 2.45) is 0 Å². The molecule has 1 aliphatic rings. The molecule has 0 spiro atoms. The van der Waals surface area contributed by atoms with Gasteiger partial charge in [-0.1, -0.05) is 0 Å². The lowest BCUT2D eigenvalue weighted by Gasteiger charge is -2.19. The van der Waals surface area contributed by atoms with Gasteiger partial charge in [0.1, 0.15) is 23.3 Å². The second-order valence-electron chi connectivity index (χ2n) is 5.72. The summed E-state index contributed by atoms with van der Waals surface area (Å²) < 4.78 is 11.0.